The molecule has 0 bridgehead atoms. The number of nitrogens with one attached hydrogen (secondary N) is 1. The van der Waals surface area contributed by atoms with Crippen molar-refractivity contribution in [2.75, 3.05) is 6.54 Å². The Morgan fingerprint density at radius 2 is 2.00 bits per heavy atom. The van der Waals surface area contributed by atoms with Crippen molar-refractivity contribution >= 4 is 50.2 Å². The topological polar surface area (TPSA) is 122 Å². The molecule has 0 spiro atoms. The number of carboxylic acid groups (broad SMARTS) is 1. The number of ketones is 1. The third-order valence-corrected chi connectivity index (χ3v) is 6.90. The highest BCUT2D eigenvalue weighted by molar-refractivity contribution is 9.10. The second-order valence-electron chi connectivity index (χ2n) is 8.53. The first-order valence-corrected chi connectivity index (χ1v) is 12.9. The minimum Gasteiger partial charge on any atom is -0.481 e. The van der Waals surface area contributed by atoms with Gasteiger partial charge < -0.3 is 15.5 Å². The Bertz CT molecular complexity index is 1030. The van der Waals surface area contributed by atoms with Crippen molar-refractivity contribution in [2.24, 2.45) is 0 Å². The molecule has 1 fully saturated rings. The van der Waals surface area contributed by atoms with Crippen LogP contribution in [0.3, 0.4) is 0 Å². The van der Waals surface area contributed by atoms with Crippen molar-refractivity contribution < 1.29 is 19.8 Å². The molecule has 1 aromatic carbocycles. The first-order chi connectivity index (χ1) is 16.2. The molecule has 10 heteroatoms. The van der Waals surface area contributed by atoms with E-state index in [0.29, 0.717) is 33.2 Å². The average Bonchev–Trinajstić information content (AvgIpc) is 2.79. The van der Waals surface area contributed by atoms with Gasteiger partial charge in [0.25, 0.3) is 5.56 Å². The maximum Gasteiger partial charge on any atom is 0.303 e. The molecule has 3 N–H and O–H groups in total. The van der Waals surface area contributed by atoms with Gasteiger partial charge in [-0.2, -0.15) is 0 Å². The molecule has 2 heterocycles. The van der Waals surface area contributed by atoms with E-state index in [2.05, 4.69) is 33.2 Å². The van der Waals surface area contributed by atoms with Crippen molar-refractivity contribution in [3.8, 4) is 0 Å². The largest absolute Gasteiger partial charge is 0.481 e. The minimum absolute atomic E-state index is 0.0691. The third kappa shape index (κ3) is 9.09. The molecule has 34 heavy (non-hydrogen) atoms. The highest BCUT2D eigenvalue weighted by Gasteiger charge is 2.25. The number of carbonyl (C=O) groups is 2. The molecule has 1 saturated heterocycles. The first-order valence-electron chi connectivity index (χ1n) is 11.7. The van der Waals surface area contributed by atoms with E-state index in [0.717, 1.165) is 25.8 Å². The van der Waals surface area contributed by atoms with Crippen molar-refractivity contribution in [3.63, 3.8) is 0 Å². The molecule has 188 valence electrons. The molecule has 0 aliphatic carbocycles. The number of fused-ring (bicyclic) bond motifs is 1. The summed E-state index contributed by atoms with van der Waals surface area (Å²) >= 11 is 9.33. The van der Waals surface area contributed by atoms with Gasteiger partial charge in [-0.05, 0) is 53.9 Å². The lowest BCUT2D eigenvalue weighted by atomic mass is 9.97. The number of aliphatic hydroxyl groups is 1. The van der Waals surface area contributed by atoms with Crippen LogP contribution in [-0.2, 0) is 16.1 Å². The fourth-order valence-electron chi connectivity index (χ4n) is 3.79. The lowest BCUT2D eigenvalue weighted by molar-refractivity contribution is -0.137. The third-order valence-electron chi connectivity index (χ3n) is 5.70. The van der Waals surface area contributed by atoms with Crippen LogP contribution in [-0.4, -0.2) is 50.2 Å². The summed E-state index contributed by atoms with van der Waals surface area (Å²) in [4.78, 5) is 39.0. The summed E-state index contributed by atoms with van der Waals surface area (Å²) in [5, 5.41) is 22.1. The number of hydrogen-bond acceptors (Lipinski definition) is 6. The number of rotatable bonds is 10. The van der Waals surface area contributed by atoms with E-state index in [1.165, 1.54) is 30.2 Å². The lowest BCUT2D eigenvalue weighted by Gasteiger charge is -2.28. The van der Waals surface area contributed by atoms with Crippen LogP contribution in [0.5, 0.6) is 0 Å². The zero-order chi connectivity index (χ0) is 25.1. The number of aliphatic hydroxyl groups excluding tert-OH is 1. The summed E-state index contributed by atoms with van der Waals surface area (Å²) in [5.41, 5.74) is 0.212. The van der Waals surface area contributed by atoms with Crippen LogP contribution >= 0.6 is 27.5 Å². The summed E-state index contributed by atoms with van der Waals surface area (Å²) in [6, 6.07) is 2.97. The average molecular weight is 559 g/mol. The number of carbonyl (C=O) groups excluding carboxylic acids is 1. The maximum absolute atomic E-state index is 12.5. The summed E-state index contributed by atoms with van der Waals surface area (Å²) in [6.45, 7) is 2.87. The van der Waals surface area contributed by atoms with Crippen LogP contribution in [0.15, 0.2) is 27.7 Å². The lowest BCUT2D eigenvalue weighted by Crippen LogP contribution is -2.46. The quantitative estimate of drug-likeness (QED) is 0.371. The SMILES string of the molecule is CCCCCCCC(=O)O.O=C(C[C@H]1NCCC[C@@H]1O)Cn1cnc2cc(Br)c(Cl)cc2c1=O. The molecule has 0 unspecified atom stereocenters. The van der Waals surface area contributed by atoms with Crippen molar-refractivity contribution in [1.29, 1.82) is 0 Å². The number of piperidine rings is 1. The van der Waals surface area contributed by atoms with E-state index in [4.69, 9.17) is 16.7 Å². The van der Waals surface area contributed by atoms with Gasteiger partial charge in [0.15, 0.2) is 5.78 Å². The Hall–Kier alpha value is -1.81. The molecule has 2 atom stereocenters. The van der Waals surface area contributed by atoms with Crippen molar-refractivity contribution in [1.82, 2.24) is 14.9 Å². The highest BCUT2D eigenvalue weighted by Crippen LogP contribution is 2.25. The predicted molar refractivity (Wildman–Crippen MR) is 136 cm³/mol. The van der Waals surface area contributed by atoms with E-state index < -0.39 is 12.1 Å². The van der Waals surface area contributed by atoms with Gasteiger partial charge in [-0.1, -0.05) is 44.2 Å². The van der Waals surface area contributed by atoms with Gasteiger partial charge in [-0.3, -0.25) is 19.0 Å². The molecular formula is C24H33BrClN3O5. The number of hydrogen-bond donors (Lipinski definition) is 3. The van der Waals surface area contributed by atoms with Gasteiger partial charge >= 0.3 is 5.97 Å². The predicted octanol–water partition coefficient (Wildman–Crippen LogP) is 4.32. The van der Waals surface area contributed by atoms with Gasteiger partial charge in [0.2, 0.25) is 0 Å². The van der Waals surface area contributed by atoms with E-state index >= 15 is 0 Å². The number of aromatic nitrogens is 2. The first kappa shape index (κ1) is 28.4. The summed E-state index contributed by atoms with van der Waals surface area (Å²) in [7, 11) is 0. The molecule has 0 amide bonds. The van der Waals surface area contributed by atoms with Crippen molar-refractivity contribution in [3.05, 3.63) is 38.3 Å². The van der Waals surface area contributed by atoms with Crippen LogP contribution in [0.2, 0.25) is 5.02 Å². The second kappa shape index (κ2) is 14.6. The Labute approximate surface area is 212 Å². The van der Waals surface area contributed by atoms with E-state index in [9.17, 15) is 19.5 Å². The van der Waals surface area contributed by atoms with Gasteiger partial charge in [0, 0.05) is 23.4 Å². The molecule has 2 aromatic rings. The standard InChI is InChI=1S/C16H17BrClN3O3.C8H16O2/c17-11-6-13-10(5-12(11)18)16(24)21(8-20-13)7-9(22)4-14-15(23)2-1-3-19-14;1-2-3-4-5-6-7-8(9)10/h5-6,8,14-15,19,23H,1-4,7H2;2-7H2,1H3,(H,9,10)/t14-,15+;/m1./s1. The van der Waals surface area contributed by atoms with Crippen LogP contribution in [0.25, 0.3) is 10.9 Å². The van der Waals surface area contributed by atoms with Gasteiger partial charge in [-0.25, -0.2) is 4.98 Å². The number of carboxylic acids is 1. The number of benzene rings is 1. The summed E-state index contributed by atoms with van der Waals surface area (Å²) in [5.74, 6) is -0.795. The molecule has 8 nitrogen and oxygen atoms in total. The summed E-state index contributed by atoms with van der Waals surface area (Å²) < 4.78 is 1.94. The Morgan fingerprint density at radius 1 is 1.26 bits per heavy atom. The van der Waals surface area contributed by atoms with Crippen LogP contribution in [0.4, 0.5) is 0 Å². The molecule has 1 aromatic heterocycles. The van der Waals surface area contributed by atoms with E-state index in [-0.39, 0.29) is 30.3 Å². The van der Waals surface area contributed by atoms with Crippen LogP contribution < -0.4 is 10.9 Å². The zero-order valence-corrected chi connectivity index (χ0v) is 21.8. The Morgan fingerprint density at radius 3 is 2.68 bits per heavy atom. The molecule has 0 radical (unpaired) electrons. The number of halogens is 2. The fourth-order valence-corrected chi connectivity index (χ4v) is 4.28. The highest BCUT2D eigenvalue weighted by atomic mass is 79.9. The molecule has 3 rings (SSSR count). The minimum atomic E-state index is -0.670. The Balaban J connectivity index is 0.000000347. The number of aliphatic carboxylic acids is 1. The second-order valence-corrected chi connectivity index (χ2v) is 9.79. The fraction of sp³-hybridized carbons (Fsp3) is 0.583. The van der Waals surface area contributed by atoms with Crippen molar-refractivity contribution in [2.45, 2.75) is 83.4 Å². The van der Waals surface area contributed by atoms with Gasteiger partial charge in [0.1, 0.15) is 0 Å². The molecule has 0 saturated carbocycles. The smallest absolute Gasteiger partial charge is 0.303 e. The van der Waals surface area contributed by atoms with Crippen LogP contribution in [0, 0.1) is 0 Å². The normalized spacial score (nSPS) is 17.8. The van der Waals surface area contributed by atoms with Crippen LogP contribution in [0.1, 0.15) is 64.7 Å². The number of unbranched alkanes of at least 4 members (excludes halogenated alkanes) is 4. The molecule has 1 aliphatic rings. The monoisotopic (exact) mass is 557 g/mol. The molecular weight excluding hydrogens is 526 g/mol. The van der Waals surface area contributed by atoms with Gasteiger partial charge in [0.05, 0.1) is 34.9 Å². The zero-order valence-electron chi connectivity index (χ0n) is 19.4. The van der Waals surface area contributed by atoms with E-state index in [1.807, 2.05) is 0 Å². The number of nitrogens with zero attached hydrogens (tertiary/aromatic N) is 2. The Kier molecular flexibility index (Phi) is 12.2. The van der Waals surface area contributed by atoms with E-state index in [1.54, 1.807) is 12.1 Å². The van der Waals surface area contributed by atoms with Gasteiger partial charge in [-0.15, -0.1) is 0 Å². The molecule has 1 aliphatic heterocycles. The maximum atomic E-state index is 12.5. The summed E-state index contributed by atoms with van der Waals surface area (Å²) in [6.07, 6.45) is 8.51. The number of Topliss-reactive ketones (excluding diaryl/α,β-unsaturated/α-hetero) is 1.